The van der Waals surface area contributed by atoms with Crippen molar-refractivity contribution < 1.29 is 0 Å². The highest BCUT2D eigenvalue weighted by molar-refractivity contribution is 5.29. The summed E-state index contributed by atoms with van der Waals surface area (Å²) < 4.78 is 0. The molecule has 0 spiro atoms. The molecule has 1 unspecified atom stereocenters. The van der Waals surface area contributed by atoms with Crippen molar-refractivity contribution in [3.8, 4) is 0 Å². The molecule has 0 saturated heterocycles. The summed E-state index contributed by atoms with van der Waals surface area (Å²) in [6.45, 7) is 5.40. The average Bonchev–Trinajstić information content (AvgIpc) is 2.43. The van der Waals surface area contributed by atoms with Gasteiger partial charge in [-0.3, -0.25) is 0 Å². The fraction of sp³-hybridized carbons (Fsp3) is 0.368. The summed E-state index contributed by atoms with van der Waals surface area (Å²) >= 11 is 0. The van der Waals surface area contributed by atoms with Crippen LogP contribution in [0.4, 0.5) is 0 Å². The van der Waals surface area contributed by atoms with E-state index in [-0.39, 0.29) is 0 Å². The van der Waals surface area contributed by atoms with Crippen LogP contribution in [0.15, 0.2) is 48.5 Å². The van der Waals surface area contributed by atoms with E-state index in [1.807, 2.05) is 7.05 Å². The van der Waals surface area contributed by atoms with Gasteiger partial charge in [-0.25, -0.2) is 0 Å². The summed E-state index contributed by atoms with van der Waals surface area (Å²) in [5.41, 5.74) is 5.63. The number of nitrogens with one attached hydrogen (secondary N) is 1. The summed E-state index contributed by atoms with van der Waals surface area (Å²) in [6, 6.07) is 17.7. The summed E-state index contributed by atoms with van der Waals surface area (Å²) in [5, 5.41) is 3.33. The zero-order valence-electron chi connectivity index (χ0n) is 12.8. The van der Waals surface area contributed by atoms with Gasteiger partial charge in [0.1, 0.15) is 0 Å². The molecule has 1 heteroatoms. The molecule has 0 bridgehead atoms. The van der Waals surface area contributed by atoms with E-state index in [0.717, 1.165) is 13.0 Å². The molecule has 2 aromatic rings. The molecule has 0 aromatic heterocycles. The number of rotatable bonds is 6. The minimum Gasteiger partial charge on any atom is -0.319 e. The molecule has 1 atom stereocenters. The molecule has 1 nitrogen and oxygen atoms in total. The van der Waals surface area contributed by atoms with Crippen LogP contribution in [-0.2, 0) is 6.42 Å². The largest absolute Gasteiger partial charge is 0.319 e. The maximum atomic E-state index is 3.33. The Labute approximate surface area is 123 Å². The fourth-order valence-electron chi connectivity index (χ4n) is 2.91. The van der Waals surface area contributed by atoms with Crippen molar-refractivity contribution in [1.29, 1.82) is 0 Å². The van der Waals surface area contributed by atoms with Crippen LogP contribution in [0.25, 0.3) is 0 Å². The Morgan fingerprint density at radius 1 is 0.950 bits per heavy atom. The van der Waals surface area contributed by atoms with E-state index < -0.39 is 0 Å². The van der Waals surface area contributed by atoms with Gasteiger partial charge in [-0.2, -0.15) is 0 Å². The second-order valence-electron chi connectivity index (χ2n) is 5.70. The lowest BCUT2D eigenvalue weighted by Gasteiger charge is -2.17. The Morgan fingerprint density at radius 2 is 1.60 bits per heavy atom. The molecular weight excluding hydrogens is 242 g/mol. The average molecular weight is 267 g/mol. The maximum Gasteiger partial charge on any atom is 0.00172 e. The molecule has 0 radical (unpaired) electrons. The molecule has 0 amide bonds. The molecule has 0 saturated carbocycles. The van der Waals surface area contributed by atoms with Crippen molar-refractivity contribution in [3.05, 3.63) is 70.8 Å². The fourth-order valence-corrected chi connectivity index (χ4v) is 2.91. The van der Waals surface area contributed by atoms with Crippen molar-refractivity contribution >= 4 is 0 Å². The number of hydrogen-bond acceptors (Lipinski definition) is 1. The normalized spacial score (nSPS) is 12.3. The molecule has 0 heterocycles. The van der Waals surface area contributed by atoms with Crippen LogP contribution in [0.3, 0.4) is 0 Å². The second-order valence-corrected chi connectivity index (χ2v) is 5.70. The summed E-state index contributed by atoms with van der Waals surface area (Å²) in [5.74, 6) is 0.585. The lowest BCUT2D eigenvalue weighted by atomic mass is 9.91. The van der Waals surface area contributed by atoms with E-state index in [9.17, 15) is 0 Å². The van der Waals surface area contributed by atoms with Crippen molar-refractivity contribution in [2.75, 3.05) is 13.6 Å². The van der Waals surface area contributed by atoms with E-state index in [1.165, 1.54) is 28.7 Å². The van der Waals surface area contributed by atoms with Gasteiger partial charge in [0.2, 0.25) is 0 Å². The topological polar surface area (TPSA) is 12.0 Å². The maximum absolute atomic E-state index is 3.33. The van der Waals surface area contributed by atoms with Gasteiger partial charge in [0.15, 0.2) is 0 Å². The Bertz CT molecular complexity index is 510. The molecule has 0 aliphatic carbocycles. The molecule has 2 rings (SSSR count). The van der Waals surface area contributed by atoms with Gasteiger partial charge < -0.3 is 5.32 Å². The zero-order valence-corrected chi connectivity index (χ0v) is 12.8. The minimum absolute atomic E-state index is 0.585. The second kappa shape index (κ2) is 7.25. The Morgan fingerprint density at radius 3 is 2.20 bits per heavy atom. The van der Waals surface area contributed by atoms with Gasteiger partial charge in [0.05, 0.1) is 0 Å². The van der Waals surface area contributed by atoms with Crippen LogP contribution in [0.5, 0.6) is 0 Å². The number of aryl methyl sites for hydroxylation is 3. The lowest BCUT2D eigenvalue weighted by molar-refractivity contribution is 0.584. The number of benzene rings is 2. The van der Waals surface area contributed by atoms with Gasteiger partial charge in [-0.1, -0.05) is 59.7 Å². The quantitative estimate of drug-likeness (QED) is 0.825. The number of hydrogen-bond donors (Lipinski definition) is 1. The van der Waals surface area contributed by atoms with Crippen LogP contribution < -0.4 is 5.32 Å². The van der Waals surface area contributed by atoms with Gasteiger partial charge in [0.25, 0.3) is 0 Å². The first-order chi connectivity index (χ1) is 9.69. The van der Waals surface area contributed by atoms with E-state index in [4.69, 9.17) is 0 Å². The van der Waals surface area contributed by atoms with Gasteiger partial charge in [0, 0.05) is 6.54 Å². The third-order valence-corrected chi connectivity index (χ3v) is 3.78. The van der Waals surface area contributed by atoms with E-state index in [2.05, 4.69) is 67.7 Å². The monoisotopic (exact) mass is 267 g/mol. The van der Waals surface area contributed by atoms with Crippen molar-refractivity contribution in [2.24, 2.45) is 0 Å². The minimum atomic E-state index is 0.585. The summed E-state index contributed by atoms with van der Waals surface area (Å²) in [4.78, 5) is 0. The molecule has 2 aromatic carbocycles. The Kier molecular flexibility index (Phi) is 5.37. The van der Waals surface area contributed by atoms with Gasteiger partial charge >= 0.3 is 0 Å². The van der Waals surface area contributed by atoms with Crippen molar-refractivity contribution in [3.63, 3.8) is 0 Å². The molecule has 0 aliphatic heterocycles. The van der Waals surface area contributed by atoms with Crippen LogP contribution in [0, 0.1) is 13.8 Å². The smallest absolute Gasteiger partial charge is 0.00172 e. The zero-order chi connectivity index (χ0) is 14.4. The number of likely N-dealkylation sites (N-methyl/N-ethyl adjacent to an activating group) is 1. The summed E-state index contributed by atoms with van der Waals surface area (Å²) in [7, 11) is 2.03. The lowest BCUT2D eigenvalue weighted by Crippen LogP contribution is -2.17. The first-order valence-electron chi connectivity index (χ1n) is 7.46. The highest BCUT2D eigenvalue weighted by Gasteiger charge is 2.10. The third kappa shape index (κ3) is 4.21. The van der Waals surface area contributed by atoms with Crippen LogP contribution in [0.2, 0.25) is 0 Å². The Balaban J connectivity index is 2.05. The molecule has 0 fully saturated rings. The van der Waals surface area contributed by atoms with Crippen molar-refractivity contribution in [1.82, 2.24) is 5.32 Å². The standard InChI is InChI=1S/C19H25N/c1-15-11-16(2)13-17(12-15)9-10-19(14-20-3)18-7-5-4-6-8-18/h4-8,11-13,19-20H,9-10,14H2,1-3H3. The van der Waals surface area contributed by atoms with E-state index in [1.54, 1.807) is 0 Å². The van der Waals surface area contributed by atoms with Crippen LogP contribution in [0.1, 0.15) is 34.6 Å². The molecule has 1 N–H and O–H groups in total. The molecular formula is C19H25N. The molecule has 106 valence electrons. The first-order valence-corrected chi connectivity index (χ1v) is 7.46. The molecule has 0 aliphatic rings. The highest BCUT2D eigenvalue weighted by Crippen LogP contribution is 2.22. The SMILES string of the molecule is CNCC(CCc1cc(C)cc(C)c1)c1ccccc1. The predicted molar refractivity (Wildman–Crippen MR) is 87.3 cm³/mol. The summed E-state index contributed by atoms with van der Waals surface area (Å²) in [6.07, 6.45) is 2.33. The highest BCUT2D eigenvalue weighted by atomic mass is 14.8. The van der Waals surface area contributed by atoms with Crippen LogP contribution in [-0.4, -0.2) is 13.6 Å². The van der Waals surface area contributed by atoms with Gasteiger partial charge in [-0.05, 0) is 50.8 Å². The third-order valence-electron chi connectivity index (χ3n) is 3.78. The van der Waals surface area contributed by atoms with E-state index >= 15 is 0 Å². The van der Waals surface area contributed by atoms with Crippen LogP contribution >= 0.6 is 0 Å². The predicted octanol–water partition coefficient (Wildman–Crippen LogP) is 4.24. The van der Waals surface area contributed by atoms with Crippen molar-refractivity contribution in [2.45, 2.75) is 32.6 Å². The molecule has 20 heavy (non-hydrogen) atoms. The first kappa shape index (κ1) is 14.8. The van der Waals surface area contributed by atoms with Gasteiger partial charge in [-0.15, -0.1) is 0 Å². The Hall–Kier alpha value is -1.60. The van der Waals surface area contributed by atoms with E-state index in [0.29, 0.717) is 5.92 Å².